The molecule has 1 aromatic carbocycles. The molecule has 0 spiro atoms. The van der Waals surface area contributed by atoms with E-state index in [-0.39, 0.29) is 30.0 Å². The molecule has 0 bridgehead atoms. The lowest BCUT2D eigenvalue weighted by atomic mass is 9.76. The number of nitrogens with zero attached hydrogens (tertiary/aromatic N) is 3. The Bertz CT molecular complexity index is 1140. The van der Waals surface area contributed by atoms with Crippen LogP contribution < -0.4 is 27.0 Å². The lowest BCUT2D eigenvalue weighted by Gasteiger charge is -2.46. The Morgan fingerprint density at radius 1 is 1.09 bits per heavy atom. The number of anilines is 2. The van der Waals surface area contributed by atoms with Crippen molar-refractivity contribution in [2.75, 3.05) is 51.3 Å². The highest BCUT2D eigenvalue weighted by Gasteiger charge is 2.53. The van der Waals surface area contributed by atoms with E-state index in [4.69, 9.17) is 15.2 Å². The molecule has 3 saturated heterocycles. The molecular formula is C32H56N8O4. The SMILES string of the molecule is COCC(C)(C)c1ccc2c(c1)NC(CC[C@H]1C[C@H](N(CC3O[C@@H](N4CNC5C(N)N(C)CNC54)[C@H](O)[C@@H]3O)C(C)C)C1)N2. The molecule has 248 valence electrons. The summed E-state index contributed by atoms with van der Waals surface area (Å²) < 4.78 is 11.9. The van der Waals surface area contributed by atoms with Crippen LogP contribution in [0.3, 0.4) is 0 Å². The number of nitrogens with two attached hydrogens (primary N) is 1. The van der Waals surface area contributed by atoms with E-state index in [0.717, 1.165) is 19.3 Å². The Morgan fingerprint density at radius 2 is 1.84 bits per heavy atom. The summed E-state index contributed by atoms with van der Waals surface area (Å²) in [7, 11) is 3.75. The molecule has 8 N–H and O–H groups in total. The number of ether oxygens (including phenoxy) is 2. The van der Waals surface area contributed by atoms with E-state index < -0.39 is 24.5 Å². The summed E-state index contributed by atoms with van der Waals surface area (Å²) in [6.07, 6.45) is 1.67. The number of aliphatic hydroxyl groups excluding tert-OH is 2. The van der Waals surface area contributed by atoms with Gasteiger partial charge in [-0.2, -0.15) is 0 Å². The van der Waals surface area contributed by atoms with Crippen molar-refractivity contribution in [1.29, 1.82) is 0 Å². The summed E-state index contributed by atoms with van der Waals surface area (Å²) in [5.74, 6) is 0.685. The topological polar surface area (TPSA) is 143 Å². The van der Waals surface area contributed by atoms with Crippen molar-refractivity contribution in [1.82, 2.24) is 25.3 Å². The lowest BCUT2D eigenvalue weighted by Crippen LogP contribution is -2.68. The Kier molecular flexibility index (Phi) is 9.49. The minimum absolute atomic E-state index is 0.0223. The molecule has 0 amide bonds. The molecule has 44 heavy (non-hydrogen) atoms. The fourth-order valence-electron chi connectivity index (χ4n) is 8.01. The molecule has 5 unspecified atom stereocenters. The second-order valence-electron chi connectivity index (χ2n) is 14.8. The second kappa shape index (κ2) is 12.9. The Morgan fingerprint density at radius 3 is 2.57 bits per heavy atom. The number of fused-ring (bicyclic) bond motifs is 2. The van der Waals surface area contributed by atoms with Gasteiger partial charge in [0, 0.05) is 31.2 Å². The number of hydrogen-bond donors (Lipinski definition) is 7. The zero-order chi connectivity index (χ0) is 31.3. The third-order valence-corrected chi connectivity index (χ3v) is 10.9. The van der Waals surface area contributed by atoms with Crippen LogP contribution >= 0.6 is 0 Å². The van der Waals surface area contributed by atoms with Gasteiger partial charge in [0.15, 0.2) is 0 Å². The molecule has 1 aliphatic carbocycles. The van der Waals surface area contributed by atoms with Gasteiger partial charge in [0.25, 0.3) is 0 Å². The van der Waals surface area contributed by atoms with E-state index in [1.807, 2.05) is 7.05 Å². The summed E-state index contributed by atoms with van der Waals surface area (Å²) in [5, 5.41) is 36.5. The number of likely N-dealkylation sites (N-methyl/N-ethyl adjacent to an activating group) is 1. The van der Waals surface area contributed by atoms with Crippen molar-refractivity contribution in [3.8, 4) is 0 Å². The Hall–Kier alpha value is -1.58. The molecular weight excluding hydrogens is 560 g/mol. The van der Waals surface area contributed by atoms with E-state index in [1.54, 1.807) is 7.11 Å². The van der Waals surface area contributed by atoms with Gasteiger partial charge in [-0.15, -0.1) is 0 Å². The van der Waals surface area contributed by atoms with Crippen LogP contribution in [0.5, 0.6) is 0 Å². The summed E-state index contributed by atoms with van der Waals surface area (Å²) >= 11 is 0. The summed E-state index contributed by atoms with van der Waals surface area (Å²) in [4.78, 5) is 6.61. The number of benzene rings is 1. The third-order valence-electron chi connectivity index (χ3n) is 10.9. The van der Waals surface area contributed by atoms with Gasteiger partial charge in [0.05, 0.1) is 55.9 Å². The van der Waals surface area contributed by atoms with E-state index in [1.165, 1.54) is 23.4 Å². The molecule has 6 rings (SSSR count). The van der Waals surface area contributed by atoms with Crippen molar-refractivity contribution >= 4 is 11.4 Å². The molecule has 4 fully saturated rings. The van der Waals surface area contributed by atoms with Crippen molar-refractivity contribution in [2.45, 2.75) is 120 Å². The lowest BCUT2D eigenvalue weighted by molar-refractivity contribution is -0.115. The van der Waals surface area contributed by atoms with Crippen LogP contribution in [0.15, 0.2) is 18.2 Å². The number of nitrogens with one attached hydrogen (secondary N) is 4. The molecule has 12 nitrogen and oxygen atoms in total. The molecule has 1 aromatic rings. The molecule has 12 heteroatoms. The van der Waals surface area contributed by atoms with Crippen LogP contribution in [0.2, 0.25) is 0 Å². The van der Waals surface area contributed by atoms with E-state index >= 15 is 0 Å². The van der Waals surface area contributed by atoms with Gasteiger partial charge in [-0.1, -0.05) is 19.9 Å². The van der Waals surface area contributed by atoms with E-state index in [2.05, 4.69) is 81.9 Å². The minimum atomic E-state index is -0.973. The number of aliphatic hydroxyl groups is 2. The quantitative estimate of drug-likeness (QED) is 0.189. The smallest absolute Gasteiger partial charge is 0.142 e. The van der Waals surface area contributed by atoms with Gasteiger partial charge < -0.3 is 36.1 Å². The van der Waals surface area contributed by atoms with E-state index in [9.17, 15) is 10.2 Å². The van der Waals surface area contributed by atoms with Crippen LogP contribution in [-0.2, 0) is 14.9 Å². The molecule has 5 aliphatic rings. The molecule has 0 radical (unpaired) electrons. The first-order chi connectivity index (χ1) is 21.0. The van der Waals surface area contributed by atoms with Crippen molar-refractivity contribution in [2.24, 2.45) is 11.7 Å². The largest absolute Gasteiger partial charge is 0.387 e. The average Bonchev–Trinajstić information content (AvgIpc) is 3.64. The van der Waals surface area contributed by atoms with Gasteiger partial charge in [-0.3, -0.25) is 20.4 Å². The fourth-order valence-corrected chi connectivity index (χ4v) is 8.01. The van der Waals surface area contributed by atoms with Crippen molar-refractivity contribution in [3.05, 3.63) is 23.8 Å². The molecule has 4 heterocycles. The third kappa shape index (κ3) is 6.23. The van der Waals surface area contributed by atoms with Crippen LogP contribution in [0.1, 0.15) is 58.9 Å². The number of rotatable bonds is 11. The predicted molar refractivity (Wildman–Crippen MR) is 172 cm³/mol. The summed E-state index contributed by atoms with van der Waals surface area (Å²) in [6, 6.07) is 7.47. The monoisotopic (exact) mass is 616 g/mol. The van der Waals surface area contributed by atoms with Gasteiger partial charge >= 0.3 is 0 Å². The van der Waals surface area contributed by atoms with Crippen molar-refractivity contribution in [3.63, 3.8) is 0 Å². The molecule has 0 aromatic heterocycles. The highest BCUT2D eigenvalue weighted by Crippen LogP contribution is 2.40. The van der Waals surface area contributed by atoms with Gasteiger partial charge in [0.2, 0.25) is 0 Å². The first-order valence-electron chi connectivity index (χ1n) is 16.6. The number of hydrogen-bond acceptors (Lipinski definition) is 12. The van der Waals surface area contributed by atoms with Crippen LogP contribution in [0.25, 0.3) is 0 Å². The van der Waals surface area contributed by atoms with Crippen LogP contribution in [-0.4, -0.2) is 127 Å². The van der Waals surface area contributed by atoms with Crippen LogP contribution in [0.4, 0.5) is 11.4 Å². The first kappa shape index (κ1) is 32.4. The fraction of sp³-hybridized carbons (Fsp3) is 0.812. The molecule has 1 saturated carbocycles. The highest BCUT2D eigenvalue weighted by molar-refractivity contribution is 5.75. The van der Waals surface area contributed by atoms with Gasteiger partial charge in [-0.05, 0) is 70.2 Å². The molecule has 8 atom stereocenters. The van der Waals surface area contributed by atoms with Crippen LogP contribution in [0, 0.1) is 5.92 Å². The summed E-state index contributed by atoms with van der Waals surface area (Å²) in [5.41, 5.74) is 10.0. The minimum Gasteiger partial charge on any atom is -0.387 e. The summed E-state index contributed by atoms with van der Waals surface area (Å²) in [6.45, 7) is 11.4. The van der Waals surface area contributed by atoms with Crippen molar-refractivity contribution < 1.29 is 19.7 Å². The highest BCUT2D eigenvalue weighted by atomic mass is 16.6. The predicted octanol–water partition coefficient (Wildman–Crippen LogP) is 0.825. The standard InChI is InChI=1S/C32H56N8O4/c1-18(2)39(14-24-27(41)28(42)31(44-24)40-17-34-26-29(33)38(5)16-35-30(26)40)21-11-19(12-21)7-10-25-36-22-9-8-20(13-23(22)37-25)32(3,4)15-43-6/h8-9,13,18-19,21,24-31,34-37,41-42H,7,10-12,14-17,33H2,1-6H3/t19-,21-,24?,25?,26?,27-,28-,29?,30?,31-/m1/s1. The van der Waals surface area contributed by atoms with E-state index in [0.29, 0.717) is 44.5 Å². The first-order valence-corrected chi connectivity index (χ1v) is 16.6. The Balaban J connectivity index is 0.980. The maximum atomic E-state index is 11.1. The zero-order valence-corrected chi connectivity index (χ0v) is 27.4. The second-order valence-corrected chi connectivity index (χ2v) is 14.8. The number of methoxy groups -OCH3 is 1. The maximum Gasteiger partial charge on any atom is 0.142 e. The van der Waals surface area contributed by atoms with Gasteiger partial charge in [0.1, 0.15) is 24.5 Å². The van der Waals surface area contributed by atoms with Gasteiger partial charge in [-0.25, -0.2) is 4.90 Å². The normalized spacial score (nSPS) is 37.6. The average molecular weight is 617 g/mol. The Labute approximate surface area is 263 Å². The maximum absolute atomic E-state index is 11.1. The zero-order valence-electron chi connectivity index (χ0n) is 27.4. The molecule has 4 aliphatic heterocycles.